The maximum absolute atomic E-state index is 12.7. The number of benzene rings is 4. The number of ether oxygens (including phenoxy) is 2. The fourth-order valence-electron chi connectivity index (χ4n) is 3.39. The van der Waals surface area contributed by atoms with Crippen molar-refractivity contribution in [2.45, 2.75) is 13.2 Å². The Morgan fingerprint density at radius 2 is 1.58 bits per heavy atom. The second-order valence-corrected chi connectivity index (χ2v) is 9.38. The number of carbonyl (C=O) groups is 1. The minimum Gasteiger partial charge on any atom is -0.489 e. The highest BCUT2D eigenvalue weighted by Crippen LogP contribution is 2.28. The number of nitrogens with zero attached hydrogens (tertiary/aromatic N) is 1. The van der Waals surface area contributed by atoms with Crippen LogP contribution in [0.2, 0.25) is 15.1 Å². The van der Waals surface area contributed by atoms with Crippen LogP contribution in [0.25, 0.3) is 6.08 Å². The summed E-state index contributed by atoms with van der Waals surface area (Å²) in [5.74, 6) is 0.557. The summed E-state index contributed by atoms with van der Waals surface area (Å²) in [4.78, 5) is 12.7. The van der Waals surface area contributed by atoms with Crippen LogP contribution in [-0.2, 0) is 18.0 Å². The van der Waals surface area contributed by atoms with Gasteiger partial charge >= 0.3 is 0 Å². The molecule has 0 saturated heterocycles. The van der Waals surface area contributed by atoms with Gasteiger partial charge in [0.2, 0.25) is 0 Å². The third-order valence-corrected chi connectivity index (χ3v) is 6.32. The topological polar surface area (TPSA) is 71.3 Å². The van der Waals surface area contributed by atoms with Gasteiger partial charge in [0.15, 0.2) is 0 Å². The first-order valence-corrected chi connectivity index (χ1v) is 12.6. The van der Waals surface area contributed by atoms with Gasteiger partial charge in [0.25, 0.3) is 5.91 Å². The summed E-state index contributed by atoms with van der Waals surface area (Å²) in [6.07, 6.45) is 1.46. The lowest BCUT2D eigenvalue weighted by molar-refractivity contribution is -0.112. The van der Waals surface area contributed by atoms with Crippen LogP contribution in [-0.4, -0.2) is 5.91 Å². The van der Waals surface area contributed by atoms with Crippen LogP contribution in [0, 0.1) is 11.3 Å². The molecule has 0 spiro atoms. The predicted molar refractivity (Wildman–Crippen MR) is 152 cm³/mol. The van der Waals surface area contributed by atoms with Gasteiger partial charge in [-0.05, 0) is 71.8 Å². The molecule has 5 nitrogen and oxygen atoms in total. The van der Waals surface area contributed by atoms with Gasteiger partial charge in [-0.1, -0.05) is 71.2 Å². The fourth-order valence-corrected chi connectivity index (χ4v) is 3.95. The lowest BCUT2D eigenvalue weighted by atomic mass is 10.1. The summed E-state index contributed by atoms with van der Waals surface area (Å²) in [7, 11) is 0. The van der Waals surface area contributed by atoms with Gasteiger partial charge in [-0.3, -0.25) is 4.79 Å². The van der Waals surface area contributed by atoms with E-state index in [9.17, 15) is 10.1 Å². The fraction of sp³-hybridized carbons (Fsp3) is 0.0667. The number of amides is 1. The Labute approximate surface area is 235 Å². The number of anilines is 1. The number of nitrogens with one attached hydrogen (secondary N) is 1. The Hall–Kier alpha value is -3.95. The summed E-state index contributed by atoms with van der Waals surface area (Å²) in [6.45, 7) is 0.641. The van der Waals surface area contributed by atoms with Crippen LogP contribution in [0.3, 0.4) is 0 Å². The number of nitriles is 1. The highest BCUT2D eigenvalue weighted by Gasteiger charge is 2.11. The molecule has 4 aromatic carbocycles. The van der Waals surface area contributed by atoms with Gasteiger partial charge < -0.3 is 14.8 Å². The van der Waals surface area contributed by atoms with E-state index >= 15 is 0 Å². The maximum atomic E-state index is 12.7. The first-order valence-electron chi connectivity index (χ1n) is 11.5. The first kappa shape index (κ1) is 27.1. The molecule has 0 saturated carbocycles. The SMILES string of the molecule is N#C/C(=C\c1ccc(OCc2ccc(Cl)cc2)c(Cl)c1)C(=O)Nc1ccc(OCc2ccccc2Cl)cc1. The van der Waals surface area contributed by atoms with E-state index < -0.39 is 5.91 Å². The molecule has 1 amide bonds. The molecule has 1 N–H and O–H groups in total. The molecule has 0 bridgehead atoms. The Balaban J connectivity index is 1.35. The highest BCUT2D eigenvalue weighted by atomic mass is 35.5. The molecule has 0 fully saturated rings. The van der Waals surface area contributed by atoms with E-state index in [1.165, 1.54) is 6.08 Å². The van der Waals surface area contributed by atoms with Crippen LogP contribution in [0.5, 0.6) is 11.5 Å². The van der Waals surface area contributed by atoms with E-state index in [1.54, 1.807) is 60.7 Å². The molecule has 8 heteroatoms. The molecule has 38 heavy (non-hydrogen) atoms. The smallest absolute Gasteiger partial charge is 0.266 e. The molecule has 4 rings (SSSR count). The predicted octanol–water partition coefficient (Wildman–Crippen LogP) is 8.35. The summed E-state index contributed by atoms with van der Waals surface area (Å²) in [5, 5.41) is 13.9. The van der Waals surface area contributed by atoms with Gasteiger partial charge in [0.05, 0.1) is 5.02 Å². The van der Waals surface area contributed by atoms with Crippen molar-refractivity contribution in [1.82, 2.24) is 0 Å². The van der Waals surface area contributed by atoms with E-state index in [0.717, 1.165) is 11.1 Å². The molecule has 0 radical (unpaired) electrons. The van der Waals surface area contributed by atoms with Crippen molar-refractivity contribution >= 4 is 52.5 Å². The highest BCUT2D eigenvalue weighted by molar-refractivity contribution is 6.32. The first-order chi connectivity index (χ1) is 18.4. The average molecular weight is 564 g/mol. The van der Waals surface area contributed by atoms with Crippen molar-refractivity contribution in [3.8, 4) is 17.6 Å². The van der Waals surface area contributed by atoms with Crippen LogP contribution >= 0.6 is 34.8 Å². The van der Waals surface area contributed by atoms with Crippen molar-refractivity contribution in [2.75, 3.05) is 5.32 Å². The number of rotatable bonds is 9. The van der Waals surface area contributed by atoms with Gasteiger partial charge in [-0.2, -0.15) is 5.26 Å². The van der Waals surface area contributed by atoms with Gasteiger partial charge in [-0.15, -0.1) is 0 Å². The largest absolute Gasteiger partial charge is 0.489 e. The number of halogens is 3. The third kappa shape index (κ3) is 7.53. The van der Waals surface area contributed by atoms with E-state index in [2.05, 4.69) is 5.32 Å². The second kappa shape index (κ2) is 13.0. The molecule has 0 heterocycles. The van der Waals surface area contributed by atoms with Crippen molar-refractivity contribution in [2.24, 2.45) is 0 Å². The molecular weight excluding hydrogens is 543 g/mol. The maximum Gasteiger partial charge on any atom is 0.266 e. The number of hydrogen-bond donors (Lipinski definition) is 1. The zero-order valence-electron chi connectivity index (χ0n) is 20.0. The molecule has 0 aromatic heterocycles. The molecule has 190 valence electrons. The normalized spacial score (nSPS) is 10.9. The zero-order valence-corrected chi connectivity index (χ0v) is 22.2. The van der Waals surface area contributed by atoms with Crippen LogP contribution < -0.4 is 14.8 Å². The van der Waals surface area contributed by atoms with Crippen molar-refractivity contribution in [3.63, 3.8) is 0 Å². The van der Waals surface area contributed by atoms with E-state index in [-0.39, 0.29) is 5.57 Å². The zero-order chi connectivity index (χ0) is 26.9. The monoisotopic (exact) mass is 562 g/mol. The lowest BCUT2D eigenvalue weighted by Crippen LogP contribution is -2.13. The van der Waals surface area contributed by atoms with Crippen LogP contribution in [0.1, 0.15) is 16.7 Å². The quantitative estimate of drug-likeness (QED) is 0.164. The molecular formula is C30H21Cl3N2O3. The molecule has 0 aliphatic rings. The van der Waals surface area contributed by atoms with E-state index in [4.69, 9.17) is 44.3 Å². The molecule has 0 aliphatic carbocycles. The van der Waals surface area contributed by atoms with Crippen molar-refractivity contribution in [1.29, 1.82) is 5.26 Å². The Morgan fingerprint density at radius 1 is 0.842 bits per heavy atom. The van der Waals surface area contributed by atoms with Crippen LogP contribution in [0.4, 0.5) is 5.69 Å². The van der Waals surface area contributed by atoms with E-state index in [1.807, 2.05) is 36.4 Å². The van der Waals surface area contributed by atoms with E-state index in [0.29, 0.717) is 51.0 Å². The molecule has 0 aliphatic heterocycles. The Kier molecular flexibility index (Phi) is 9.29. The molecule has 4 aromatic rings. The second-order valence-electron chi connectivity index (χ2n) is 8.13. The third-order valence-electron chi connectivity index (χ3n) is 5.40. The Bertz CT molecular complexity index is 1490. The van der Waals surface area contributed by atoms with Gasteiger partial charge in [0.1, 0.15) is 36.4 Å². The summed E-state index contributed by atoms with van der Waals surface area (Å²) in [5.41, 5.74) is 2.85. The van der Waals surface area contributed by atoms with Crippen LogP contribution in [0.15, 0.2) is 96.6 Å². The lowest BCUT2D eigenvalue weighted by Gasteiger charge is -2.10. The minimum absolute atomic E-state index is 0.0741. The summed E-state index contributed by atoms with van der Waals surface area (Å²) < 4.78 is 11.5. The molecule has 0 unspecified atom stereocenters. The number of carbonyl (C=O) groups excluding carboxylic acids is 1. The van der Waals surface area contributed by atoms with Crippen molar-refractivity contribution in [3.05, 3.63) is 128 Å². The molecule has 0 atom stereocenters. The van der Waals surface area contributed by atoms with Crippen molar-refractivity contribution < 1.29 is 14.3 Å². The van der Waals surface area contributed by atoms with Gasteiger partial charge in [-0.25, -0.2) is 0 Å². The Morgan fingerprint density at radius 3 is 2.26 bits per heavy atom. The van der Waals surface area contributed by atoms with Gasteiger partial charge in [0, 0.05) is 21.3 Å². The summed E-state index contributed by atoms with van der Waals surface area (Å²) >= 11 is 18.4. The summed E-state index contributed by atoms with van der Waals surface area (Å²) in [6, 6.07) is 28.6. The number of hydrogen-bond acceptors (Lipinski definition) is 4. The minimum atomic E-state index is -0.545. The average Bonchev–Trinajstić information content (AvgIpc) is 2.92. The standard InChI is InChI=1S/C30H21Cl3N2O3/c31-24-8-5-20(6-9-24)18-38-29-14-7-21(16-28(29)33)15-23(17-34)30(36)35-25-10-12-26(13-11-25)37-19-22-3-1-2-4-27(22)32/h1-16H,18-19H2,(H,35,36)/b23-15+.